The molecule has 0 heterocycles. The first-order valence-corrected chi connectivity index (χ1v) is 62.7. The predicted molar refractivity (Wildman–Crippen MR) is 612 cm³/mol. The molecule has 0 atom stereocenters. The molecule has 806 valence electrons. The highest BCUT2D eigenvalue weighted by molar-refractivity contribution is 5.82. The monoisotopic (exact) mass is 1940 g/mol. The summed E-state index contributed by atoms with van der Waals surface area (Å²) in [6.07, 6.45) is 128. The number of carbonyl (C=O) groups is 2. The van der Waals surface area contributed by atoms with Crippen LogP contribution >= 0.6 is 0 Å². The average molecular weight is 1950 g/mol. The summed E-state index contributed by atoms with van der Waals surface area (Å²) in [5.41, 5.74) is 3.81. The maximum absolute atomic E-state index is 13.2. The van der Waals surface area contributed by atoms with Crippen LogP contribution in [0.3, 0.4) is 0 Å². The van der Waals surface area contributed by atoms with Crippen LogP contribution in [0, 0.1) is 23.7 Å². The minimum atomic E-state index is 0.494. The third-order valence-electron chi connectivity index (χ3n) is 29.8. The largest absolute Gasteiger partial charge is 0.493 e. The van der Waals surface area contributed by atoms with Crippen molar-refractivity contribution in [1.82, 2.24) is 0 Å². The molecule has 140 heavy (non-hydrogen) atoms. The van der Waals surface area contributed by atoms with E-state index in [-0.39, 0.29) is 0 Å². The van der Waals surface area contributed by atoms with Gasteiger partial charge in [-0.05, 0) is 50.7 Å². The summed E-state index contributed by atoms with van der Waals surface area (Å²) in [5.74, 6) is 18.3. The Morgan fingerprint density at radius 2 is 0.243 bits per heavy atom. The smallest absolute Gasteiger partial charge is 0.153 e. The molecule has 0 aromatic heterocycles. The number of unbranched alkanes of at least 4 members (excludes halogenated alkanes) is 90. The Balaban J connectivity index is 2.10. The Kier molecular flexibility index (Phi) is 95.8. The number of rotatable bonds is 110. The first-order chi connectivity index (χ1) is 69.5. The van der Waals surface area contributed by atoms with E-state index in [2.05, 4.69) is 77.4 Å². The van der Waals surface area contributed by atoms with Crippen LogP contribution in [-0.4, -0.2) is 52.2 Å². The molecule has 0 aliphatic heterocycles. The number of carbonyl (C=O) groups excluding carboxylic acids is 2. The van der Waals surface area contributed by atoms with Crippen molar-refractivity contribution in [3.63, 3.8) is 0 Å². The third-order valence-corrected chi connectivity index (χ3v) is 29.8. The molecule has 0 saturated carbocycles. The highest BCUT2D eigenvalue weighted by Crippen LogP contribution is 2.35. The van der Waals surface area contributed by atoms with Crippen LogP contribution in [0.1, 0.15) is 701 Å². The molecule has 3 aromatic rings. The van der Waals surface area contributed by atoms with E-state index in [1.54, 1.807) is 0 Å². The van der Waals surface area contributed by atoms with Crippen LogP contribution in [0.15, 0.2) is 36.4 Å². The number of hydrogen-bond donors (Lipinski definition) is 0. The van der Waals surface area contributed by atoms with Crippen molar-refractivity contribution in [3.8, 4) is 58.2 Å². The molecular formula is C132H230O8. The zero-order chi connectivity index (χ0) is 99.8. The van der Waals surface area contributed by atoms with Crippen LogP contribution in [0.25, 0.3) is 0 Å². The van der Waals surface area contributed by atoms with E-state index in [4.69, 9.17) is 28.4 Å². The SMILES string of the molecule is CCCCCCCCCCCCCCCCCCOc1cc(C#Cc2cc(OCCCCCCCCCCCCCCCCCC)c(C=O)cc2OCCCCCCCCCCCCCCCCCC)c(OCCCCCCCCCCCCCCCCCC)cc1C#Cc1cc(OCCCCCCCCCCCCCCCCCC)c(C=O)cc1OCCCCCCCCCCCCCCCCCC. The van der Waals surface area contributed by atoms with Gasteiger partial charge in [0, 0.05) is 24.3 Å². The van der Waals surface area contributed by atoms with Crippen molar-refractivity contribution in [2.75, 3.05) is 39.6 Å². The van der Waals surface area contributed by atoms with Gasteiger partial charge in [0.25, 0.3) is 0 Å². The molecule has 0 unspecified atom stereocenters. The zero-order valence-electron chi connectivity index (χ0n) is 94.0. The molecule has 0 fully saturated rings. The summed E-state index contributed by atoms with van der Waals surface area (Å²) >= 11 is 0. The van der Waals surface area contributed by atoms with Crippen molar-refractivity contribution in [2.24, 2.45) is 0 Å². The first-order valence-electron chi connectivity index (χ1n) is 62.7. The second-order valence-electron chi connectivity index (χ2n) is 43.3. The Bertz CT molecular complexity index is 3070. The van der Waals surface area contributed by atoms with Gasteiger partial charge in [-0.1, -0.05) is 643 Å². The van der Waals surface area contributed by atoms with E-state index >= 15 is 0 Å². The fourth-order valence-electron chi connectivity index (χ4n) is 20.3. The van der Waals surface area contributed by atoms with Crippen molar-refractivity contribution in [2.45, 2.75) is 658 Å². The Morgan fingerprint density at radius 3 is 0.364 bits per heavy atom. The molecule has 0 amide bonds. The Labute approximate surface area is 870 Å². The molecule has 0 aliphatic carbocycles. The Hall–Kier alpha value is -5.08. The van der Waals surface area contributed by atoms with Crippen LogP contribution < -0.4 is 28.4 Å². The Morgan fingerprint density at radius 1 is 0.143 bits per heavy atom. The fraction of sp³-hybridized carbons (Fsp3) is 0.818. The number of hydrogen-bond acceptors (Lipinski definition) is 8. The van der Waals surface area contributed by atoms with Gasteiger partial charge in [0.05, 0.1) is 73.0 Å². The lowest BCUT2D eigenvalue weighted by Crippen LogP contribution is -2.05. The molecule has 0 saturated heterocycles. The molecule has 0 radical (unpaired) electrons. The quantitative estimate of drug-likeness (QED) is 0.0314. The summed E-state index contributed by atoms with van der Waals surface area (Å²) in [6.45, 7) is 17.1. The van der Waals surface area contributed by atoms with Gasteiger partial charge < -0.3 is 28.4 Å². The van der Waals surface area contributed by atoms with E-state index in [1.807, 2.05) is 24.3 Å². The minimum Gasteiger partial charge on any atom is -0.493 e. The van der Waals surface area contributed by atoms with Crippen LogP contribution in [0.4, 0.5) is 0 Å². The second kappa shape index (κ2) is 104. The summed E-state index contributed by atoms with van der Waals surface area (Å²) in [6, 6.07) is 11.8. The molecule has 0 spiro atoms. The topological polar surface area (TPSA) is 89.5 Å². The zero-order valence-corrected chi connectivity index (χ0v) is 94.0. The van der Waals surface area contributed by atoms with Crippen LogP contribution in [0.2, 0.25) is 0 Å². The molecule has 8 heteroatoms. The van der Waals surface area contributed by atoms with Gasteiger partial charge in [-0.15, -0.1) is 0 Å². The van der Waals surface area contributed by atoms with Gasteiger partial charge in [0.1, 0.15) is 34.5 Å². The number of benzene rings is 3. The van der Waals surface area contributed by atoms with Gasteiger partial charge in [-0.25, -0.2) is 0 Å². The van der Waals surface area contributed by atoms with E-state index in [0.29, 0.717) is 96.4 Å². The summed E-state index contributed by atoms with van der Waals surface area (Å²) < 4.78 is 41.0. The van der Waals surface area contributed by atoms with E-state index in [1.165, 1.54) is 539 Å². The van der Waals surface area contributed by atoms with Gasteiger partial charge in [-0.2, -0.15) is 0 Å². The predicted octanol–water partition coefficient (Wildman–Crippen LogP) is 44.0. The summed E-state index contributed by atoms with van der Waals surface area (Å²) in [7, 11) is 0. The van der Waals surface area contributed by atoms with Crippen LogP contribution in [0.5, 0.6) is 34.5 Å². The normalized spacial score (nSPS) is 11.4. The summed E-state index contributed by atoms with van der Waals surface area (Å²) in [5, 5.41) is 0. The van der Waals surface area contributed by atoms with Gasteiger partial charge >= 0.3 is 0 Å². The molecule has 8 nitrogen and oxygen atoms in total. The fourth-order valence-corrected chi connectivity index (χ4v) is 20.3. The van der Waals surface area contributed by atoms with E-state index in [9.17, 15) is 9.59 Å². The molecule has 0 N–H and O–H groups in total. The van der Waals surface area contributed by atoms with E-state index < -0.39 is 0 Å². The minimum absolute atomic E-state index is 0.494. The molecule has 0 bridgehead atoms. The lowest BCUT2D eigenvalue weighted by Gasteiger charge is -2.15. The maximum Gasteiger partial charge on any atom is 0.153 e. The molecular weight excluding hydrogens is 1710 g/mol. The summed E-state index contributed by atoms with van der Waals surface area (Å²) in [4.78, 5) is 26.5. The van der Waals surface area contributed by atoms with Gasteiger partial charge in [-0.3, -0.25) is 9.59 Å². The van der Waals surface area contributed by atoms with Gasteiger partial charge in [0.15, 0.2) is 12.6 Å². The van der Waals surface area contributed by atoms with Crippen molar-refractivity contribution in [3.05, 3.63) is 69.8 Å². The molecule has 0 aliphatic rings. The molecule has 3 rings (SSSR count). The van der Waals surface area contributed by atoms with E-state index in [0.717, 1.165) is 101 Å². The standard InChI is InChI=1S/C132H230O8/c1-7-13-19-25-31-37-43-49-55-61-67-73-79-85-91-97-107-135-127-113-122(104-106-124-116-132(140-112-102-96-90-84-78-72-66-60-54-48-42-36-30-24-18-12-6)126(120-134)118-130(124)138-110-100-94-88-82-76-70-64-58-52-46-40-34-28-22-16-10-4)128(136-108-98-92-86-80-74-68-62-56-50-44-38-32-26-20-14-8-2)114-121(127)103-105-123-115-131(139-111-101-95-89-83-77-71-65-59-53-47-41-35-29-23-17-11-5)125(119-133)117-129(123)137-109-99-93-87-81-75-69-63-57-51-45-39-33-27-21-15-9-3/h113-120H,7-102,107-112H2,1-6H3. The van der Waals surface area contributed by atoms with Gasteiger partial charge in [0.2, 0.25) is 0 Å². The van der Waals surface area contributed by atoms with Crippen molar-refractivity contribution < 1.29 is 38.0 Å². The third kappa shape index (κ3) is 79.2. The molecule has 3 aromatic carbocycles. The highest BCUT2D eigenvalue weighted by Gasteiger charge is 2.18. The maximum atomic E-state index is 13.2. The highest BCUT2D eigenvalue weighted by atomic mass is 16.5. The lowest BCUT2D eigenvalue weighted by atomic mass is 10.0. The second-order valence-corrected chi connectivity index (χ2v) is 43.3. The number of ether oxygens (including phenoxy) is 6. The number of aldehydes is 2. The average Bonchev–Trinajstić information content (AvgIpc) is 0.809. The van der Waals surface area contributed by atoms with Crippen molar-refractivity contribution in [1.29, 1.82) is 0 Å². The van der Waals surface area contributed by atoms with Crippen molar-refractivity contribution >= 4 is 12.6 Å². The first kappa shape index (κ1) is 129. The lowest BCUT2D eigenvalue weighted by molar-refractivity contribution is 0.111. The van der Waals surface area contributed by atoms with Crippen LogP contribution in [-0.2, 0) is 0 Å².